The van der Waals surface area contributed by atoms with Gasteiger partial charge in [-0.25, -0.2) is 0 Å². The maximum atomic E-state index is 13.0. The van der Waals surface area contributed by atoms with Crippen LogP contribution in [0.3, 0.4) is 0 Å². The van der Waals surface area contributed by atoms with Gasteiger partial charge >= 0.3 is 0 Å². The molecule has 4 aliphatic rings. The van der Waals surface area contributed by atoms with E-state index >= 15 is 0 Å². The molecule has 0 aromatic heterocycles. The highest BCUT2D eigenvalue weighted by Crippen LogP contribution is 2.41. The first kappa shape index (κ1) is 21.1. The first-order valence-corrected chi connectivity index (χ1v) is 10.8. The molecule has 3 aliphatic heterocycles. The predicted molar refractivity (Wildman–Crippen MR) is 114 cm³/mol. The monoisotopic (exact) mass is 432 g/mol. The molecule has 30 heavy (non-hydrogen) atoms. The molecule has 1 unspecified atom stereocenters. The Kier molecular flexibility index (Phi) is 6.02. The van der Waals surface area contributed by atoms with Crippen LogP contribution in [0.2, 0.25) is 0 Å². The standard InChI is InChI=1S/C22H28N4O3.ClH/c27-19(25-9-7-14-11-23-12-15(14)8-10-25)13-24-21(28)20-17-3-1-2-4-18(17)22(29)26(20)16-5-6-16;/h1-4,14-16,20,23H,5-13H2,(H,24,28);1H/t14-,15+,20?;. The fraction of sp³-hybridized carbons (Fsp3) is 0.591. The van der Waals surface area contributed by atoms with Crippen LogP contribution in [0.1, 0.15) is 47.6 Å². The van der Waals surface area contributed by atoms with Crippen molar-refractivity contribution < 1.29 is 14.4 Å². The largest absolute Gasteiger partial charge is 0.345 e. The number of amides is 3. The van der Waals surface area contributed by atoms with Gasteiger partial charge in [0, 0.05) is 24.7 Å². The number of carbonyl (C=O) groups is 3. The van der Waals surface area contributed by atoms with Crippen LogP contribution < -0.4 is 10.6 Å². The molecule has 1 aliphatic carbocycles. The third kappa shape index (κ3) is 3.81. The third-order valence-corrected chi connectivity index (χ3v) is 6.97. The normalized spacial score (nSPS) is 27.7. The molecule has 0 spiro atoms. The molecule has 5 rings (SSSR count). The molecular weight excluding hydrogens is 404 g/mol. The number of nitrogens with zero attached hydrogens (tertiary/aromatic N) is 2. The molecule has 1 saturated carbocycles. The van der Waals surface area contributed by atoms with Gasteiger partial charge in [-0.3, -0.25) is 14.4 Å². The summed E-state index contributed by atoms with van der Waals surface area (Å²) in [5.74, 6) is 0.981. The lowest BCUT2D eigenvalue weighted by Crippen LogP contribution is -2.45. The van der Waals surface area contributed by atoms with Crippen LogP contribution in [-0.4, -0.2) is 66.3 Å². The summed E-state index contributed by atoms with van der Waals surface area (Å²) in [6, 6.07) is 6.85. The highest BCUT2D eigenvalue weighted by molar-refractivity contribution is 6.05. The van der Waals surface area contributed by atoms with E-state index in [-0.39, 0.29) is 42.7 Å². The Balaban J connectivity index is 0.00000218. The summed E-state index contributed by atoms with van der Waals surface area (Å²) in [5, 5.41) is 6.27. The van der Waals surface area contributed by atoms with Crippen molar-refractivity contribution in [1.82, 2.24) is 20.4 Å². The van der Waals surface area contributed by atoms with Crippen molar-refractivity contribution in [3.8, 4) is 0 Å². The zero-order chi connectivity index (χ0) is 20.0. The molecule has 8 heteroatoms. The predicted octanol–water partition coefficient (Wildman–Crippen LogP) is 1.34. The molecule has 1 aromatic carbocycles. The van der Waals surface area contributed by atoms with Crippen LogP contribution >= 0.6 is 12.4 Å². The average molecular weight is 433 g/mol. The lowest BCUT2D eigenvalue weighted by atomic mass is 9.92. The minimum atomic E-state index is -0.617. The van der Waals surface area contributed by atoms with Crippen molar-refractivity contribution in [3.63, 3.8) is 0 Å². The van der Waals surface area contributed by atoms with E-state index in [2.05, 4.69) is 10.6 Å². The zero-order valence-corrected chi connectivity index (χ0v) is 17.8. The van der Waals surface area contributed by atoms with Crippen molar-refractivity contribution in [2.24, 2.45) is 11.8 Å². The van der Waals surface area contributed by atoms with E-state index in [1.807, 2.05) is 23.1 Å². The molecule has 162 valence electrons. The Morgan fingerprint density at radius 3 is 2.37 bits per heavy atom. The van der Waals surface area contributed by atoms with Crippen molar-refractivity contribution in [2.45, 2.75) is 37.8 Å². The van der Waals surface area contributed by atoms with E-state index < -0.39 is 6.04 Å². The van der Waals surface area contributed by atoms with E-state index in [1.54, 1.807) is 11.0 Å². The summed E-state index contributed by atoms with van der Waals surface area (Å²) in [7, 11) is 0. The molecular formula is C22H29ClN4O3. The van der Waals surface area contributed by atoms with Gasteiger partial charge in [-0.1, -0.05) is 18.2 Å². The fourth-order valence-electron chi connectivity index (χ4n) is 5.17. The summed E-state index contributed by atoms with van der Waals surface area (Å²) in [4.78, 5) is 42.2. The quantitative estimate of drug-likeness (QED) is 0.752. The Morgan fingerprint density at radius 1 is 1.03 bits per heavy atom. The second kappa shape index (κ2) is 8.55. The second-order valence-corrected chi connectivity index (χ2v) is 8.79. The van der Waals surface area contributed by atoms with Crippen molar-refractivity contribution in [1.29, 1.82) is 0 Å². The number of fused-ring (bicyclic) bond motifs is 2. The Morgan fingerprint density at radius 2 is 1.70 bits per heavy atom. The van der Waals surface area contributed by atoms with Crippen LogP contribution in [0.25, 0.3) is 0 Å². The van der Waals surface area contributed by atoms with Gasteiger partial charge in [0.05, 0.1) is 6.54 Å². The molecule has 1 aromatic rings. The molecule has 3 heterocycles. The smallest absolute Gasteiger partial charge is 0.255 e. The van der Waals surface area contributed by atoms with Crippen LogP contribution in [0, 0.1) is 11.8 Å². The van der Waals surface area contributed by atoms with E-state index in [0.29, 0.717) is 17.4 Å². The summed E-state index contributed by atoms with van der Waals surface area (Å²) >= 11 is 0. The highest BCUT2D eigenvalue weighted by Gasteiger charge is 2.47. The number of likely N-dealkylation sites (tertiary alicyclic amines) is 1. The average Bonchev–Trinajstić information content (AvgIpc) is 3.45. The number of nitrogens with one attached hydrogen (secondary N) is 2. The number of rotatable bonds is 4. The van der Waals surface area contributed by atoms with Gasteiger partial charge in [0.25, 0.3) is 5.91 Å². The first-order valence-electron chi connectivity index (χ1n) is 10.8. The summed E-state index contributed by atoms with van der Waals surface area (Å²) in [6.07, 6.45) is 3.93. The second-order valence-electron chi connectivity index (χ2n) is 8.79. The molecule has 2 N–H and O–H groups in total. The van der Waals surface area contributed by atoms with Gasteiger partial charge in [0.2, 0.25) is 11.8 Å². The molecule has 0 bridgehead atoms. The van der Waals surface area contributed by atoms with Crippen molar-refractivity contribution >= 4 is 30.1 Å². The van der Waals surface area contributed by atoms with E-state index in [0.717, 1.165) is 57.4 Å². The summed E-state index contributed by atoms with van der Waals surface area (Å²) < 4.78 is 0. The van der Waals surface area contributed by atoms with E-state index in [9.17, 15) is 14.4 Å². The third-order valence-electron chi connectivity index (χ3n) is 6.97. The van der Waals surface area contributed by atoms with Gasteiger partial charge in [-0.2, -0.15) is 0 Å². The SMILES string of the molecule is Cl.O=C(NCC(=O)N1CC[C@@H]2CNC[C@@H]2CC1)C1c2ccccc2C(=O)N1C1CC1. The lowest BCUT2D eigenvalue weighted by Gasteiger charge is -2.25. The summed E-state index contributed by atoms with van der Waals surface area (Å²) in [6.45, 7) is 3.62. The van der Waals surface area contributed by atoms with Gasteiger partial charge in [-0.05, 0) is 62.2 Å². The lowest BCUT2D eigenvalue weighted by molar-refractivity contribution is -0.134. The molecule has 7 nitrogen and oxygen atoms in total. The number of benzene rings is 1. The number of hydrogen-bond donors (Lipinski definition) is 2. The topological polar surface area (TPSA) is 81.8 Å². The molecule has 3 amide bonds. The Labute approximate surface area is 183 Å². The maximum Gasteiger partial charge on any atom is 0.255 e. The summed E-state index contributed by atoms with van der Waals surface area (Å²) in [5.41, 5.74) is 1.36. The van der Waals surface area contributed by atoms with Crippen LogP contribution in [0.5, 0.6) is 0 Å². The number of carbonyl (C=O) groups excluding carboxylic acids is 3. The van der Waals surface area contributed by atoms with E-state index in [4.69, 9.17) is 0 Å². The minimum absolute atomic E-state index is 0. The number of hydrogen-bond acceptors (Lipinski definition) is 4. The van der Waals surface area contributed by atoms with E-state index in [1.165, 1.54) is 0 Å². The van der Waals surface area contributed by atoms with Crippen molar-refractivity contribution in [3.05, 3.63) is 35.4 Å². The maximum absolute atomic E-state index is 13.0. The Bertz CT molecular complexity index is 829. The van der Waals surface area contributed by atoms with Crippen LogP contribution in [0.15, 0.2) is 24.3 Å². The molecule has 3 fully saturated rings. The zero-order valence-electron chi connectivity index (χ0n) is 17.0. The van der Waals surface area contributed by atoms with Gasteiger partial charge in [0.1, 0.15) is 6.04 Å². The van der Waals surface area contributed by atoms with Crippen molar-refractivity contribution in [2.75, 3.05) is 32.7 Å². The van der Waals surface area contributed by atoms with Gasteiger partial charge < -0.3 is 20.4 Å². The first-order chi connectivity index (χ1) is 14.1. The van der Waals surface area contributed by atoms with Gasteiger partial charge in [-0.15, -0.1) is 12.4 Å². The highest BCUT2D eigenvalue weighted by atomic mass is 35.5. The van der Waals surface area contributed by atoms with Gasteiger partial charge in [0.15, 0.2) is 0 Å². The number of halogens is 1. The molecule has 0 radical (unpaired) electrons. The Hall–Kier alpha value is -2.12. The minimum Gasteiger partial charge on any atom is -0.345 e. The fourth-order valence-corrected chi connectivity index (χ4v) is 5.17. The van der Waals surface area contributed by atoms with Crippen LogP contribution in [-0.2, 0) is 9.59 Å². The molecule has 3 atom stereocenters. The molecule has 2 saturated heterocycles. The van der Waals surface area contributed by atoms with Crippen LogP contribution in [0.4, 0.5) is 0 Å².